The summed E-state index contributed by atoms with van der Waals surface area (Å²) in [4.78, 5) is 20.6. The van der Waals surface area contributed by atoms with E-state index in [9.17, 15) is 28.1 Å². The predicted molar refractivity (Wildman–Crippen MR) is 55.4 cm³/mol. The summed E-state index contributed by atoms with van der Waals surface area (Å²) in [6.07, 6.45) is 0. The summed E-state index contributed by atoms with van der Waals surface area (Å²) in [6.45, 7) is -3.35. The van der Waals surface area contributed by atoms with Crippen molar-refractivity contribution in [3.63, 3.8) is 0 Å². The molecule has 0 spiro atoms. The fourth-order valence-electron chi connectivity index (χ4n) is 1.27. The van der Waals surface area contributed by atoms with E-state index in [1.54, 1.807) is 0 Å². The maximum Gasteiger partial charge on any atom is 0.387 e. The van der Waals surface area contributed by atoms with Crippen LogP contribution in [0, 0.1) is 15.9 Å². The molecule has 0 aromatic heterocycles. The number of anilines is 1. The highest BCUT2D eigenvalue weighted by Gasteiger charge is 2.30. The van der Waals surface area contributed by atoms with Crippen LogP contribution in [0.5, 0.6) is 5.75 Å². The number of nitrogens with two attached hydrogens (primary N) is 1. The van der Waals surface area contributed by atoms with Crippen molar-refractivity contribution in [1.29, 1.82) is 0 Å². The van der Waals surface area contributed by atoms with E-state index >= 15 is 0 Å². The van der Waals surface area contributed by atoms with Crippen molar-refractivity contribution in [1.82, 2.24) is 0 Å². The Morgan fingerprint density at radius 3 is 2.53 bits per heavy atom. The van der Waals surface area contributed by atoms with Gasteiger partial charge in [-0.3, -0.25) is 10.1 Å². The number of methoxy groups -OCH3 is 1. The van der Waals surface area contributed by atoms with Crippen molar-refractivity contribution in [3.05, 3.63) is 27.6 Å². The molecule has 0 saturated heterocycles. The molecule has 0 fully saturated rings. The number of hydrogen-bond acceptors (Lipinski definition) is 6. The Morgan fingerprint density at radius 1 is 1.53 bits per heavy atom. The number of carbonyl (C=O) groups excluding carboxylic acids is 1. The van der Waals surface area contributed by atoms with E-state index in [4.69, 9.17) is 5.73 Å². The number of rotatable bonds is 4. The standard InChI is InChI=1S/C9H7F3N2O5/c1-18-8(15)3-2-4(19-9(11)12)6(13)7(5(3)10)14(16)17/h2,9H,13H2,1H3. The maximum atomic E-state index is 13.7. The molecule has 1 aromatic rings. The predicted octanol–water partition coefficient (Wildman–Crippen LogP) is 1.70. The number of nitro benzene ring substituents is 1. The lowest BCUT2D eigenvalue weighted by atomic mass is 10.1. The molecule has 19 heavy (non-hydrogen) atoms. The van der Waals surface area contributed by atoms with Crippen LogP contribution < -0.4 is 10.5 Å². The number of esters is 1. The highest BCUT2D eigenvalue weighted by atomic mass is 19.3. The molecule has 0 atom stereocenters. The summed E-state index contributed by atoms with van der Waals surface area (Å²) in [5, 5.41) is 10.6. The molecule has 0 bridgehead atoms. The number of nitrogens with zero attached hydrogens (tertiary/aromatic N) is 1. The van der Waals surface area contributed by atoms with Gasteiger partial charge >= 0.3 is 18.3 Å². The van der Waals surface area contributed by atoms with Gasteiger partial charge in [0.05, 0.1) is 12.0 Å². The summed E-state index contributed by atoms with van der Waals surface area (Å²) in [5.41, 5.74) is 1.94. The van der Waals surface area contributed by atoms with Crippen molar-refractivity contribution in [2.24, 2.45) is 0 Å². The Morgan fingerprint density at radius 2 is 2.11 bits per heavy atom. The molecule has 2 N–H and O–H groups in total. The average molecular weight is 280 g/mol. The van der Waals surface area contributed by atoms with Crippen LogP contribution in [0.1, 0.15) is 10.4 Å². The molecule has 1 rings (SSSR count). The van der Waals surface area contributed by atoms with E-state index in [1.807, 2.05) is 0 Å². The number of carbonyl (C=O) groups is 1. The highest BCUT2D eigenvalue weighted by Crippen LogP contribution is 2.37. The summed E-state index contributed by atoms with van der Waals surface area (Å²) in [7, 11) is 0.887. The van der Waals surface area contributed by atoms with Gasteiger partial charge in [0, 0.05) is 6.07 Å². The van der Waals surface area contributed by atoms with Gasteiger partial charge in [0.1, 0.15) is 5.56 Å². The number of nitro groups is 1. The number of nitrogen functional groups attached to an aromatic ring is 1. The highest BCUT2D eigenvalue weighted by molar-refractivity contribution is 5.93. The Balaban J connectivity index is 3.54. The summed E-state index contributed by atoms with van der Waals surface area (Å²) in [5.74, 6) is -3.76. The van der Waals surface area contributed by atoms with Gasteiger partial charge in [-0.1, -0.05) is 0 Å². The normalized spacial score (nSPS) is 10.4. The number of halogens is 3. The molecule has 0 amide bonds. The molecule has 0 heterocycles. The van der Waals surface area contributed by atoms with Gasteiger partial charge in [0.15, 0.2) is 11.4 Å². The molecule has 10 heteroatoms. The van der Waals surface area contributed by atoms with Gasteiger partial charge in [-0.25, -0.2) is 4.79 Å². The molecule has 0 saturated carbocycles. The van der Waals surface area contributed by atoms with Gasteiger partial charge < -0.3 is 15.2 Å². The fourth-order valence-corrected chi connectivity index (χ4v) is 1.27. The zero-order valence-electron chi connectivity index (χ0n) is 9.35. The zero-order chi connectivity index (χ0) is 14.7. The van der Waals surface area contributed by atoms with Gasteiger partial charge in [-0.2, -0.15) is 13.2 Å². The van der Waals surface area contributed by atoms with Crippen LogP contribution in [0.15, 0.2) is 6.07 Å². The minimum atomic E-state index is -3.35. The second-order valence-corrected chi connectivity index (χ2v) is 3.13. The van der Waals surface area contributed by atoms with Crippen molar-refractivity contribution in [3.8, 4) is 5.75 Å². The number of ether oxygens (including phenoxy) is 2. The minimum Gasteiger partial charge on any atom is -0.465 e. The van der Waals surface area contributed by atoms with Crippen molar-refractivity contribution >= 4 is 17.3 Å². The first-order valence-corrected chi connectivity index (χ1v) is 4.59. The van der Waals surface area contributed by atoms with E-state index in [0.29, 0.717) is 6.07 Å². The monoisotopic (exact) mass is 280 g/mol. The topological polar surface area (TPSA) is 105 Å². The molecule has 0 aliphatic carbocycles. The lowest BCUT2D eigenvalue weighted by molar-refractivity contribution is -0.386. The van der Waals surface area contributed by atoms with Crippen LogP contribution in [-0.4, -0.2) is 24.6 Å². The molecule has 0 aliphatic rings. The third-order valence-electron chi connectivity index (χ3n) is 2.04. The van der Waals surface area contributed by atoms with E-state index in [-0.39, 0.29) is 0 Å². The number of benzene rings is 1. The van der Waals surface area contributed by atoms with E-state index in [1.165, 1.54) is 0 Å². The Kier molecular flexibility index (Phi) is 4.14. The first-order valence-electron chi connectivity index (χ1n) is 4.59. The van der Waals surface area contributed by atoms with Crippen LogP contribution in [0.3, 0.4) is 0 Å². The maximum absolute atomic E-state index is 13.7. The molecular weight excluding hydrogens is 273 g/mol. The largest absolute Gasteiger partial charge is 0.465 e. The van der Waals surface area contributed by atoms with E-state index in [2.05, 4.69) is 9.47 Å². The lowest BCUT2D eigenvalue weighted by Crippen LogP contribution is -2.12. The lowest BCUT2D eigenvalue weighted by Gasteiger charge is -2.10. The Labute approximate surface area is 103 Å². The smallest absolute Gasteiger partial charge is 0.387 e. The molecule has 104 valence electrons. The zero-order valence-corrected chi connectivity index (χ0v) is 9.35. The second-order valence-electron chi connectivity index (χ2n) is 3.13. The Hall–Kier alpha value is -2.52. The fraction of sp³-hybridized carbons (Fsp3) is 0.222. The molecule has 0 radical (unpaired) electrons. The van der Waals surface area contributed by atoms with Gasteiger partial charge in [0.25, 0.3) is 0 Å². The first kappa shape index (κ1) is 14.5. The van der Waals surface area contributed by atoms with Crippen LogP contribution in [0.2, 0.25) is 0 Å². The summed E-state index contributed by atoms with van der Waals surface area (Å²) < 4.78 is 45.9. The van der Waals surface area contributed by atoms with Crippen molar-refractivity contribution in [2.75, 3.05) is 12.8 Å². The summed E-state index contributed by atoms with van der Waals surface area (Å²) >= 11 is 0. The van der Waals surface area contributed by atoms with Crippen molar-refractivity contribution < 1.29 is 32.4 Å². The third kappa shape index (κ3) is 2.84. The van der Waals surface area contributed by atoms with E-state index < -0.39 is 46.0 Å². The van der Waals surface area contributed by atoms with E-state index in [0.717, 1.165) is 7.11 Å². The van der Waals surface area contributed by atoms with Crippen molar-refractivity contribution in [2.45, 2.75) is 6.61 Å². The number of alkyl halides is 2. The quantitative estimate of drug-likeness (QED) is 0.389. The van der Waals surface area contributed by atoms with Gasteiger partial charge in [0.2, 0.25) is 5.82 Å². The van der Waals surface area contributed by atoms with Crippen LogP contribution >= 0.6 is 0 Å². The third-order valence-corrected chi connectivity index (χ3v) is 2.04. The summed E-state index contributed by atoms with van der Waals surface area (Å²) in [6, 6.07) is 0.510. The second kappa shape index (κ2) is 5.42. The molecule has 0 unspecified atom stereocenters. The van der Waals surface area contributed by atoms with Crippen LogP contribution in [0.4, 0.5) is 24.5 Å². The van der Waals surface area contributed by atoms with Gasteiger partial charge in [-0.05, 0) is 0 Å². The molecular formula is C9H7F3N2O5. The van der Waals surface area contributed by atoms with Gasteiger partial charge in [-0.15, -0.1) is 0 Å². The first-order chi connectivity index (χ1) is 8.79. The van der Waals surface area contributed by atoms with Crippen LogP contribution in [-0.2, 0) is 4.74 Å². The minimum absolute atomic E-state index is 0.510. The molecule has 7 nitrogen and oxygen atoms in total. The average Bonchev–Trinajstić information content (AvgIpc) is 2.31. The Bertz CT molecular complexity index is 535. The van der Waals surface area contributed by atoms with Crippen LogP contribution in [0.25, 0.3) is 0 Å². The number of hydrogen-bond donors (Lipinski definition) is 1. The molecule has 1 aromatic carbocycles. The molecule has 0 aliphatic heterocycles. The SMILES string of the molecule is COC(=O)c1cc(OC(F)F)c(N)c([N+](=O)[O-])c1F.